The Morgan fingerprint density at radius 3 is 2.64 bits per heavy atom. The van der Waals surface area contributed by atoms with Crippen LogP contribution in [0, 0.1) is 5.92 Å². The molecule has 5 rings (SSSR count). The van der Waals surface area contributed by atoms with Gasteiger partial charge < -0.3 is 19.6 Å². The van der Waals surface area contributed by atoms with E-state index in [4.69, 9.17) is 4.84 Å². The van der Waals surface area contributed by atoms with Crippen molar-refractivity contribution in [3.8, 4) is 0 Å². The van der Waals surface area contributed by atoms with Gasteiger partial charge in [-0.25, -0.2) is 4.98 Å². The number of oxime groups is 1. The lowest BCUT2D eigenvalue weighted by Gasteiger charge is -2.51. The molecular formula is C20H27N5O3. The van der Waals surface area contributed by atoms with Crippen LogP contribution in [0.4, 0.5) is 0 Å². The molecule has 0 aromatic carbocycles. The highest BCUT2D eigenvalue weighted by Crippen LogP contribution is 2.45. The van der Waals surface area contributed by atoms with Gasteiger partial charge in [0.2, 0.25) is 11.5 Å². The number of aromatic nitrogens is 2. The molecule has 28 heavy (non-hydrogen) atoms. The van der Waals surface area contributed by atoms with E-state index in [2.05, 4.69) is 20.0 Å². The van der Waals surface area contributed by atoms with Gasteiger partial charge in [0.15, 0.2) is 0 Å². The highest BCUT2D eigenvalue weighted by Gasteiger charge is 2.53. The van der Waals surface area contributed by atoms with Gasteiger partial charge in [-0.3, -0.25) is 9.59 Å². The van der Waals surface area contributed by atoms with Gasteiger partial charge in [0.05, 0.1) is 23.3 Å². The topological polar surface area (TPSA) is 90.9 Å². The third kappa shape index (κ3) is 2.57. The molecule has 2 amide bonds. The lowest BCUT2D eigenvalue weighted by Crippen LogP contribution is -2.60. The van der Waals surface area contributed by atoms with Crippen LogP contribution < -0.4 is 0 Å². The van der Waals surface area contributed by atoms with E-state index in [1.54, 1.807) is 6.33 Å². The van der Waals surface area contributed by atoms with Crippen LogP contribution in [0.5, 0.6) is 0 Å². The molecule has 1 atom stereocenters. The zero-order valence-electron chi connectivity index (χ0n) is 16.5. The average Bonchev–Trinajstić information content (AvgIpc) is 3.32. The van der Waals surface area contributed by atoms with Gasteiger partial charge in [0.1, 0.15) is 0 Å². The standard InChI is InChI=1S/C20H27N5O3/c1-13-11-19(2,28-23-13)18(27)24-9-6-20(7-10-24)16-15(21-12-22-16)5-8-25(20)17(26)14-3-4-14/h12,14H,3-11H2,1-2H3,(H,21,22). The summed E-state index contributed by atoms with van der Waals surface area (Å²) in [5.41, 5.74) is 1.69. The molecule has 0 radical (unpaired) electrons. The summed E-state index contributed by atoms with van der Waals surface area (Å²) in [5, 5.41) is 3.98. The molecule has 1 aliphatic carbocycles. The van der Waals surface area contributed by atoms with E-state index >= 15 is 0 Å². The van der Waals surface area contributed by atoms with Crippen molar-refractivity contribution in [3.63, 3.8) is 0 Å². The molecule has 4 aliphatic rings. The van der Waals surface area contributed by atoms with Crippen molar-refractivity contribution < 1.29 is 14.4 Å². The van der Waals surface area contributed by atoms with E-state index < -0.39 is 11.1 Å². The van der Waals surface area contributed by atoms with Gasteiger partial charge >= 0.3 is 0 Å². The highest BCUT2D eigenvalue weighted by atomic mass is 16.7. The third-order valence-electron chi connectivity index (χ3n) is 6.78. The van der Waals surface area contributed by atoms with Crippen molar-refractivity contribution in [1.29, 1.82) is 0 Å². The second-order valence-corrected chi connectivity index (χ2v) is 8.89. The number of hydrogen-bond acceptors (Lipinski definition) is 5. The average molecular weight is 385 g/mol. The molecule has 1 spiro atoms. The number of carbonyl (C=O) groups excluding carboxylic acids is 2. The predicted molar refractivity (Wildman–Crippen MR) is 101 cm³/mol. The number of nitrogens with one attached hydrogen (secondary N) is 1. The minimum atomic E-state index is -0.901. The van der Waals surface area contributed by atoms with E-state index in [1.807, 2.05) is 18.7 Å². The first-order chi connectivity index (χ1) is 13.4. The summed E-state index contributed by atoms with van der Waals surface area (Å²) < 4.78 is 0. The minimum Gasteiger partial charge on any atom is -0.379 e. The lowest BCUT2D eigenvalue weighted by atomic mass is 9.78. The number of imidazole rings is 1. The smallest absolute Gasteiger partial charge is 0.269 e. The summed E-state index contributed by atoms with van der Waals surface area (Å²) in [6.45, 7) is 5.61. The fraction of sp³-hybridized carbons (Fsp3) is 0.700. The number of piperidine rings is 1. The molecule has 1 unspecified atom stereocenters. The highest BCUT2D eigenvalue weighted by molar-refractivity contribution is 5.94. The predicted octanol–water partition coefficient (Wildman–Crippen LogP) is 1.58. The maximum atomic E-state index is 13.1. The molecule has 8 nitrogen and oxygen atoms in total. The normalized spacial score (nSPS) is 28.7. The SMILES string of the molecule is CC1=NOC(C)(C(=O)N2CCC3(CC2)c2nc[nH]c2CCN3C(=O)C2CC2)C1. The van der Waals surface area contributed by atoms with E-state index in [9.17, 15) is 9.59 Å². The van der Waals surface area contributed by atoms with Gasteiger partial charge in [-0.15, -0.1) is 0 Å². The first kappa shape index (κ1) is 17.7. The molecule has 0 bridgehead atoms. The summed E-state index contributed by atoms with van der Waals surface area (Å²) in [7, 11) is 0. The van der Waals surface area contributed by atoms with Gasteiger partial charge in [-0.05, 0) is 39.5 Å². The molecule has 8 heteroatoms. The number of amides is 2. The van der Waals surface area contributed by atoms with Crippen LogP contribution in [0.25, 0.3) is 0 Å². The van der Waals surface area contributed by atoms with Crippen molar-refractivity contribution in [2.75, 3.05) is 19.6 Å². The fourth-order valence-electron chi connectivity index (χ4n) is 5.12. The Hall–Kier alpha value is -2.38. The van der Waals surface area contributed by atoms with Crippen LogP contribution in [0.1, 0.15) is 57.3 Å². The maximum Gasteiger partial charge on any atom is 0.269 e. The quantitative estimate of drug-likeness (QED) is 0.837. The summed E-state index contributed by atoms with van der Waals surface area (Å²) in [6, 6.07) is 0. The largest absolute Gasteiger partial charge is 0.379 e. The molecular weight excluding hydrogens is 358 g/mol. The Morgan fingerprint density at radius 1 is 1.25 bits per heavy atom. The Morgan fingerprint density at radius 2 is 2.00 bits per heavy atom. The van der Waals surface area contributed by atoms with Crippen molar-refractivity contribution in [1.82, 2.24) is 19.8 Å². The van der Waals surface area contributed by atoms with Gasteiger partial charge in [-0.1, -0.05) is 5.16 Å². The molecule has 1 N–H and O–H groups in total. The summed E-state index contributed by atoms with van der Waals surface area (Å²) in [6.07, 6.45) is 6.51. The first-order valence-electron chi connectivity index (χ1n) is 10.3. The van der Waals surface area contributed by atoms with Crippen molar-refractivity contribution in [2.24, 2.45) is 11.1 Å². The van der Waals surface area contributed by atoms with Gasteiger partial charge in [0, 0.05) is 44.1 Å². The Kier molecular flexibility index (Phi) is 3.83. The van der Waals surface area contributed by atoms with E-state index in [1.165, 1.54) is 0 Å². The zero-order chi connectivity index (χ0) is 19.5. The fourth-order valence-corrected chi connectivity index (χ4v) is 5.12. The van der Waals surface area contributed by atoms with E-state index in [0.717, 1.165) is 42.9 Å². The van der Waals surface area contributed by atoms with Crippen LogP contribution in [-0.4, -0.2) is 62.5 Å². The summed E-state index contributed by atoms with van der Waals surface area (Å²) >= 11 is 0. The monoisotopic (exact) mass is 385 g/mol. The number of likely N-dealkylation sites (tertiary alicyclic amines) is 1. The van der Waals surface area contributed by atoms with Crippen LogP contribution in [0.2, 0.25) is 0 Å². The van der Waals surface area contributed by atoms with Gasteiger partial charge in [0.25, 0.3) is 5.91 Å². The van der Waals surface area contributed by atoms with Crippen LogP contribution in [0.15, 0.2) is 11.5 Å². The Balaban J connectivity index is 1.38. The third-order valence-corrected chi connectivity index (χ3v) is 6.78. The van der Waals surface area contributed by atoms with Crippen molar-refractivity contribution in [3.05, 3.63) is 17.7 Å². The number of carbonyl (C=O) groups is 2. The molecule has 1 saturated heterocycles. The number of hydrogen-bond donors (Lipinski definition) is 1. The first-order valence-corrected chi connectivity index (χ1v) is 10.3. The number of H-pyrrole nitrogens is 1. The number of nitrogens with zero attached hydrogens (tertiary/aromatic N) is 4. The molecule has 4 heterocycles. The minimum absolute atomic E-state index is 0.0129. The summed E-state index contributed by atoms with van der Waals surface area (Å²) in [5.74, 6) is 0.438. The van der Waals surface area contributed by atoms with Gasteiger partial charge in [-0.2, -0.15) is 0 Å². The molecule has 2 fully saturated rings. The van der Waals surface area contributed by atoms with Crippen molar-refractivity contribution >= 4 is 17.5 Å². The van der Waals surface area contributed by atoms with Crippen molar-refractivity contribution in [2.45, 2.75) is 63.5 Å². The van der Waals surface area contributed by atoms with Crippen LogP contribution in [0.3, 0.4) is 0 Å². The molecule has 1 aromatic heterocycles. The molecule has 3 aliphatic heterocycles. The number of fused-ring (bicyclic) bond motifs is 2. The number of aromatic amines is 1. The Labute approximate surface area is 164 Å². The lowest BCUT2D eigenvalue weighted by molar-refractivity contribution is -0.158. The maximum absolute atomic E-state index is 13.1. The molecule has 150 valence electrons. The van der Waals surface area contributed by atoms with E-state index in [0.29, 0.717) is 32.4 Å². The molecule has 1 saturated carbocycles. The van der Waals surface area contributed by atoms with Crippen LogP contribution >= 0.6 is 0 Å². The second-order valence-electron chi connectivity index (χ2n) is 8.89. The van der Waals surface area contributed by atoms with E-state index in [-0.39, 0.29) is 17.7 Å². The summed E-state index contributed by atoms with van der Waals surface area (Å²) in [4.78, 5) is 43.4. The number of rotatable bonds is 2. The second kappa shape index (κ2) is 6.06. The molecule has 1 aromatic rings. The Bertz CT molecular complexity index is 850. The van der Waals surface area contributed by atoms with Crippen LogP contribution in [-0.2, 0) is 26.4 Å². The zero-order valence-corrected chi connectivity index (χ0v) is 16.5.